The third-order valence-electron chi connectivity index (χ3n) is 2.87. The number of alkyl halides is 2. The molecular formula is C11H21F2N. The summed E-state index contributed by atoms with van der Waals surface area (Å²) in [6.07, 6.45) is 5.46. The maximum absolute atomic E-state index is 12.7. The highest BCUT2D eigenvalue weighted by Crippen LogP contribution is 2.11. The Hall–Kier alpha value is -0.180. The lowest BCUT2D eigenvalue weighted by Crippen LogP contribution is -2.30. The lowest BCUT2D eigenvalue weighted by atomic mass is 10.1. The lowest BCUT2D eigenvalue weighted by Gasteiger charge is -2.24. The predicted molar refractivity (Wildman–Crippen MR) is 55.0 cm³/mol. The van der Waals surface area contributed by atoms with Gasteiger partial charge >= 0.3 is 0 Å². The van der Waals surface area contributed by atoms with Crippen molar-refractivity contribution in [1.82, 2.24) is 4.90 Å². The number of hydrogen-bond donors (Lipinski definition) is 0. The van der Waals surface area contributed by atoms with Crippen LogP contribution in [0.2, 0.25) is 0 Å². The van der Waals surface area contributed by atoms with E-state index >= 15 is 0 Å². The van der Waals surface area contributed by atoms with Crippen LogP contribution >= 0.6 is 0 Å². The summed E-state index contributed by atoms with van der Waals surface area (Å²) in [6, 6.07) is 0. The summed E-state index contributed by atoms with van der Waals surface area (Å²) in [7, 11) is 0. The Balaban J connectivity index is 2.13. The van der Waals surface area contributed by atoms with Crippen molar-refractivity contribution in [2.45, 2.75) is 44.7 Å². The molecule has 0 aromatic rings. The SMILES string of the molecule is FC[C@@H](F)CCN1CCCCCCC1. The molecule has 0 unspecified atom stereocenters. The first-order valence-corrected chi connectivity index (χ1v) is 5.75. The zero-order valence-corrected chi connectivity index (χ0v) is 8.85. The van der Waals surface area contributed by atoms with Gasteiger partial charge in [-0.25, -0.2) is 8.78 Å². The summed E-state index contributed by atoms with van der Waals surface area (Å²) in [5.41, 5.74) is 0. The molecule has 0 N–H and O–H groups in total. The monoisotopic (exact) mass is 205 g/mol. The highest BCUT2D eigenvalue weighted by molar-refractivity contribution is 4.65. The molecule has 0 aliphatic carbocycles. The zero-order chi connectivity index (χ0) is 10.2. The van der Waals surface area contributed by atoms with E-state index in [1.807, 2.05) is 0 Å². The summed E-state index contributed by atoms with van der Waals surface area (Å²) < 4.78 is 24.6. The van der Waals surface area contributed by atoms with Crippen molar-refractivity contribution in [3.05, 3.63) is 0 Å². The number of hydrogen-bond acceptors (Lipinski definition) is 1. The lowest BCUT2D eigenvalue weighted by molar-refractivity contribution is 0.189. The van der Waals surface area contributed by atoms with Gasteiger partial charge in [-0.05, 0) is 32.4 Å². The Morgan fingerprint density at radius 3 is 2.14 bits per heavy atom. The maximum Gasteiger partial charge on any atom is 0.130 e. The molecule has 3 heteroatoms. The third-order valence-corrected chi connectivity index (χ3v) is 2.87. The molecule has 1 heterocycles. The zero-order valence-electron chi connectivity index (χ0n) is 8.85. The Labute approximate surface area is 85.5 Å². The number of likely N-dealkylation sites (tertiary alicyclic amines) is 1. The van der Waals surface area contributed by atoms with E-state index in [9.17, 15) is 8.78 Å². The largest absolute Gasteiger partial charge is 0.303 e. The van der Waals surface area contributed by atoms with E-state index in [0.717, 1.165) is 19.6 Å². The summed E-state index contributed by atoms with van der Waals surface area (Å²) in [6.45, 7) is 2.04. The summed E-state index contributed by atoms with van der Waals surface area (Å²) in [5, 5.41) is 0. The summed E-state index contributed by atoms with van der Waals surface area (Å²) >= 11 is 0. The smallest absolute Gasteiger partial charge is 0.130 e. The van der Waals surface area contributed by atoms with Gasteiger partial charge in [-0.1, -0.05) is 19.3 Å². The molecule has 84 valence electrons. The minimum absolute atomic E-state index is 0.358. The first kappa shape index (κ1) is 11.9. The van der Waals surface area contributed by atoms with Crippen LogP contribution in [0.15, 0.2) is 0 Å². The van der Waals surface area contributed by atoms with E-state index in [1.54, 1.807) is 0 Å². The fraction of sp³-hybridized carbons (Fsp3) is 1.00. The molecule has 0 radical (unpaired) electrons. The Morgan fingerprint density at radius 1 is 1.00 bits per heavy atom. The normalized spacial score (nSPS) is 22.7. The number of rotatable bonds is 4. The molecule has 0 aromatic heterocycles. The quantitative estimate of drug-likeness (QED) is 0.682. The van der Waals surface area contributed by atoms with Crippen LogP contribution in [0, 0.1) is 0 Å². The van der Waals surface area contributed by atoms with Crippen LogP contribution in [0.5, 0.6) is 0 Å². The van der Waals surface area contributed by atoms with Gasteiger partial charge in [-0.15, -0.1) is 0 Å². The van der Waals surface area contributed by atoms with Gasteiger partial charge in [0.05, 0.1) is 0 Å². The van der Waals surface area contributed by atoms with E-state index in [0.29, 0.717) is 6.42 Å². The van der Waals surface area contributed by atoms with Crippen molar-refractivity contribution < 1.29 is 8.78 Å². The van der Waals surface area contributed by atoms with Gasteiger partial charge < -0.3 is 4.90 Å². The van der Waals surface area contributed by atoms with Crippen LogP contribution in [0.4, 0.5) is 8.78 Å². The van der Waals surface area contributed by atoms with Crippen molar-refractivity contribution in [3.8, 4) is 0 Å². The Kier molecular flexibility index (Phi) is 6.08. The van der Waals surface area contributed by atoms with E-state index in [4.69, 9.17) is 0 Å². The van der Waals surface area contributed by atoms with E-state index in [1.165, 1.54) is 32.1 Å². The summed E-state index contributed by atoms with van der Waals surface area (Å²) in [4.78, 5) is 2.28. The van der Waals surface area contributed by atoms with E-state index in [-0.39, 0.29) is 0 Å². The molecule has 1 atom stereocenters. The predicted octanol–water partition coefficient (Wildman–Crippen LogP) is 2.95. The molecule has 1 aliphatic rings. The second kappa shape index (κ2) is 7.16. The average Bonchev–Trinajstić information content (AvgIpc) is 2.15. The molecule has 1 aliphatic heterocycles. The molecule has 0 spiro atoms. The van der Waals surface area contributed by atoms with Crippen LogP contribution in [0.25, 0.3) is 0 Å². The van der Waals surface area contributed by atoms with E-state index in [2.05, 4.69) is 4.90 Å². The minimum Gasteiger partial charge on any atom is -0.303 e. The number of nitrogens with zero attached hydrogens (tertiary/aromatic N) is 1. The molecular weight excluding hydrogens is 184 g/mol. The van der Waals surface area contributed by atoms with Gasteiger partial charge in [0.2, 0.25) is 0 Å². The van der Waals surface area contributed by atoms with Crippen molar-refractivity contribution in [2.24, 2.45) is 0 Å². The minimum atomic E-state index is -1.25. The maximum atomic E-state index is 12.7. The average molecular weight is 205 g/mol. The standard InChI is InChI=1S/C11H21F2N/c12-10-11(13)6-9-14-7-4-2-1-3-5-8-14/h11H,1-10H2/t11-/m0/s1. The van der Waals surface area contributed by atoms with Crippen LogP contribution in [-0.4, -0.2) is 37.4 Å². The molecule has 14 heavy (non-hydrogen) atoms. The van der Waals surface area contributed by atoms with Crippen LogP contribution < -0.4 is 0 Å². The highest BCUT2D eigenvalue weighted by Gasteiger charge is 2.11. The van der Waals surface area contributed by atoms with Gasteiger partial charge in [0.25, 0.3) is 0 Å². The Bertz CT molecular complexity index is 133. The van der Waals surface area contributed by atoms with Crippen LogP contribution in [0.1, 0.15) is 38.5 Å². The van der Waals surface area contributed by atoms with Gasteiger partial charge in [0, 0.05) is 6.54 Å². The topological polar surface area (TPSA) is 3.24 Å². The van der Waals surface area contributed by atoms with Gasteiger partial charge in [0.15, 0.2) is 0 Å². The first-order valence-electron chi connectivity index (χ1n) is 5.75. The molecule has 1 rings (SSSR count). The molecule has 1 nitrogen and oxygen atoms in total. The van der Waals surface area contributed by atoms with Crippen LogP contribution in [-0.2, 0) is 0 Å². The summed E-state index contributed by atoms with van der Waals surface area (Å²) in [5.74, 6) is 0. The fourth-order valence-electron chi connectivity index (χ4n) is 1.94. The fourth-order valence-corrected chi connectivity index (χ4v) is 1.94. The van der Waals surface area contributed by atoms with Crippen molar-refractivity contribution in [3.63, 3.8) is 0 Å². The van der Waals surface area contributed by atoms with Crippen molar-refractivity contribution in [1.29, 1.82) is 0 Å². The molecule has 0 bridgehead atoms. The van der Waals surface area contributed by atoms with Crippen molar-refractivity contribution in [2.75, 3.05) is 26.3 Å². The molecule has 0 saturated carbocycles. The molecule has 0 amide bonds. The third kappa shape index (κ3) is 4.89. The molecule has 0 aromatic carbocycles. The van der Waals surface area contributed by atoms with Crippen LogP contribution in [0.3, 0.4) is 0 Å². The molecule has 1 saturated heterocycles. The Morgan fingerprint density at radius 2 is 1.57 bits per heavy atom. The van der Waals surface area contributed by atoms with Gasteiger partial charge in [-0.3, -0.25) is 0 Å². The number of halogens is 2. The first-order chi connectivity index (χ1) is 6.83. The molecule has 1 fully saturated rings. The van der Waals surface area contributed by atoms with Gasteiger partial charge in [-0.2, -0.15) is 0 Å². The van der Waals surface area contributed by atoms with Crippen molar-refractivity contribution >= 4 is 0 Å². The van der Waals surface area contributed by atoms with Gasteiger partial charge in [0.1, 0.15) is 12.8 Å². The second-order valence-electron chi connectivity index (χ2n) is 4.15. The highest BCUT2D eigenvalue weighted by atomic mass is 19.2. The van der Waals surface area contributed by atoms with E-state index < -0.39 is 12.8 Å². The second-order valence-corrected chi connectivity index (χ2v) is 4.15.